The summed E-state index contributed by atoms with van der Waals surface area (Å²) in [5.41, 5.74) is 0. The van der Waals surface area contributed by atoms with Gasteiger partial charge in [0.05, 0.1) is 49.3 Å². The number of rotatable bonds is 0. The Morgan fingerprint density at radius 3 is 0.543 bits per heavy atom. The monoisotopic (exact) mass is 744 g/mol. The Labute approximate surface area is 295 Å². The third-order valence-corrected chi connectivity index (χ3v) is 13.8. The maximum Gasteiger partial charge on any atom is 0.317 e. The normalized spacial score (nSPS) is 51.3. The Bertz CT molecular complexity index is 945. The van der Waals surface area contributed by atoms with E-state index in [0.29, 0.717) is 49.3 Å². The molecule has 4 aliphatic carbocycles. The molecule has 0 aromatic carbocycles. The summed E-state index contributed by atoms with van der Waals surface area (Å²) >= 11 is 0. The summed E-state index contributed by atoms with van der Waals surface area (Å²) in [5, 5.41) is 33.8. The number of hydrogen-bond acceptors (Lipinski definition) is 10. The quantitative estimate of drug-likeness (QED) is 0.138. The molecule has 10 nitrogen and oxygen atoms in total. The molecule has 8 atom stereocenters. The van der Waals surface area contributed by atoms with Crippen molar-refractivity contribution in [1.82, 2.24) is 42.5 Å². The van der Waals surface area contributed by atoms with Crippen LogP contribution in [0.1, 0.15) is 103 Å². The van der Waals surface area contributed by atoms with E-state index < -0.39 is 8.26 Å². The number of nitrogens with one attached hydrogen (secondary N) is 8. The van der Waals surface area contributed by atoms with Gasteiger partial charge in [0.15, 0.2) is 0 Å². The smallest absolute Gasteiger partial charge is 0.286 e. The van der Waals surface area contributed by atoms with E-state index in [1.165, 1.54) is 103 Å². The molecule has 8 unspecified atom stereocenters. The summed E-state index contributed by atoms with van der Waals surface area (Å²) < 4.78 is 18.3. The van der Waals surface area contributed by atoms with Crippen molar-refractivity contribution >= 4 is 29.6 Å². The minimum atomic E-state index is -3.72. The minimum absolute atomic E-state index is 0. The number of fused-ring (bicyclic) bond motifs is 20. The van der Waals surface area contributed by atoms with Gasteiger partial charge in [0.2, 0.25) is 0 Å². The van der Waals surface area contributed by atoms with Crippen molar-refractivity contribution in [3.8, 4) is 0 Å². The summed E-state index contributed by atoms with van der Waals surface area (Å²) in [6.07, 6.45) is 25.6. The molecule has 8 bridgehead atoms. The van der Waals surface area contributed by atoms with E-state index in [2.05, 4.69) is 63.9 Å². The fourth-order valence-corrected chi connectivity index (χ4v) is 12.0. The molecule has 46 heavy (non-hydrogen) atoms. The van der Waals surface area contributed by atoms with E-state index in [1.807, 2.05) is 0 Å². The zero-order chi connectivity index (χ0) is 30.7. The Balaban J connectivity index is 0.000000526. The predicted octanol–water partition coefficient (Wildman–Crippen LogP) is 3.31. The van der Waals surface area contributed by atoms with E-state index in [4.69, 9.17) is 8.42 Å². The molecule has 0 spiro atoms. The van der Waals surface area contributed by atoms with Crippen LogP contribution in [0.25, 0.3) is 0 Å². The van der Waals surface area contributed by atoms with Gasteiger partial charge in [-0.3, -0.25) is 42.5 Å². The van der Waals surface area contributed by atoms with Gasteiger partial charge in [-0.2, -0.15) is 8.42 Å². The van der Waals surface area contributed by atoms with Crippen molar-refractivity contribution in [1.29, 1.82) is 0 Å². The third kappa shape index (κ3) is 7.23. The maximum absolute atomic E-state index is 9.16. The van der Waals surface area contributed by atoms with Crippen LogP contribution in [0.2, 0.25) is 0 Å². The third-order valence-electron chi connectivity index (χ3n) is 13.8. The molecule has 9 fully saturated rings. The van der Waals surface area contributed by atoms with Crippen LogP contribution in [-0.4, -0.2) is 57.7 Å². The number of halogens is 2. The Morgan fingerprint density at radius 1 is 0.326 bits per heavy atom. The molecule has 5 saturated heterocycles. The van der Waals surface area contributed by atoms with Gasteiger partial charge in [0.25, 0.3) is 0 Å². The van der Waals surface area contributed by atoms with Crippen LogP contribution in [0.4, 0.5) is 0 Å². The second kappa shape index (κ2) is 14.7. The predicted molar refractivity (Wildman–Crippen MR) is 178 cm³/mol. The van der Waals surface area contributed by atoms with E-state index in [1.54, 1.807) is 0 Å². The van der Waals surface area contributed by atoms with Gasteiger partial charge in [-0.15, -0.1) is 0 Å². The van der Waals surface area contributed by atoms with E-state index in [-0.39, 0.29) is 16.5 Å². The first-order valence-corrected chi connectivity index (χ1v) is 21.7. The van der Waals surface area contributed by atoms with Crippen LogP contribution >= 0.6 is 21.4 Å². The second-order valence-corrected chi connectivity index (χ2v) is 19.6. The average Bonchev–Trinajstić information content (AvgIpc) is 3.76. The van der Waals surface area contributed by atoms with Crippen LogP contribution in [0.3, 0.4) is 0 Å². The SMILES string of the molecule is C1CCC2C3NC(NC4NC(NC5NC(NC6NC(N3)C3CCCCC63)C3CCCCC53)C3CCCCC43)C2C1.O=S(=O)(Cl)Cl.[Ni]. The molecule has 0 aromatic rings. The zero-order valence-corrected chi connectivity index (χ0v) is 30.2. The van der Waals surface area contributed by atoms with Gasteiger partial charge < -0.3 is 0 Å². The first-order chi connectivity index (χ1) is 21.8. The topological polar surface area (TPSA) is 130 Å². The Hall–Kier alpha value is 0.704. The van der Waals surface area contributed by atoms with Crippen molar-refractivity contribution in [3.05, 3.63) is 0 Å². The van der Waals surface area contributed by atoms with Crippen molar-refractivity contribution in [3.63, 3.8) is 0 Å². The average molecular weight is 747 g/mol. The molecule has 9 aliphatic rings. The molecule has 266 valence electrons. The van der Waals surface area contributed by atoms with Crippen LogP contribution in [0, 0.1) is 47.3 Å². The first kappa shape index (κ1) is 35.1. The van der Waals surface area contributed by atoms with Gasteiger partial charge in [-0.05, 0) is 98.7 Å². The van der Waals surface area contributed by atoms with Crippen LogP contribution in [-0.2, 0) is 24.8 Å². The maximum atomic E-state index is 9.16. The standard InChI is InChI=1S/C32H56N8.Cl2O2S.Ni/c1-2-10-18-17(9-1)25-33-26(18)38-28-21-13-5-6-14-22(21)30(35-28)40-32-24-16-8-7-15-23(24)31(36-32)39-29-20-12-4-3-11-19(20)27(34-29)37-25;1-5(2,3)4;/h17-40H,1-16H2;;. The molecule has 0 radical (unpaired) electrons. The van der Waals surface area contributed by atoms with Gasteiger partial charge >= 0.3 is 8.26 Å². The second-order valence-electron chi connectivity index (χ2n) is 16.0. The number of hydrogen-bond donors (Lipinski definition) is 8. The molecular weight excluding hydrogens is 690 g/mol. The van der Waals surface area contributed by atoms with Crippen molar-refractivity contribution in [2.45, 2.75) is 152 Å². The van der Waals surface area contributed by atoms with Crippen LogP contribution in [0.5, 0.6) is 0 Å². The summed E-state index contributed by atoms with van der Waals surface area (Å²) in [6, 6.07) is 0. The van der Waals surface area contributed by atoms with Gasteiger partial charge in [0.1, 0.15) is 0 Å². The Morgan fingerprint density at radius 2 is 0.435 bits per heavy atom. The Kier molecular flexibility index (Phi) is 11.3. The molecule has 14 heteroatoms. The van der Waals surface area contributed by atoms with Crippen molar-refractivity contribution in [2.75, 3.05) is 0 Å². The molecule has 0 aromatic heterocycles. The molecular formula is C32H56Cl2N8NiO2S. The fourth-order valence-electron chi connectivity index (χ4n) is 12.0. The van der Waals surface area contributed by atoms with Crippen molar-refractivity contribution in [2.24, 2.45) is 47.3 Å². The van der Waals surface area contributed by atoms with E-state index in [9.17, 15) is 0 Å². The molecule has 0 amide bonds. The van der Waals surface area contributed by atoms with Crippen LogP contribution < -0.4 is 42.5 Å². The summed E-state index contributed by atoms with van der Waals surface area (Å²) in [4.78, 5) is 0. The zero-order valence-electron chi connectivity index (χ0n) is 26.8. The molecule has 5 heterocycles. The summed E-state index contributed by atoms with van der Waals surface area (Å²) in [7, 11) is 4.81. The molecule has 9 rings (SSSR count). The van der Waals surface area contributed by atoms with Crippen LogP contribution in [0.15, 0.2) is 0 Å². The van der Waals surface area contributed by atoms with Gasteiger partial charge in [-0.25, -0.2) is 0 Å². The first-order valence-electron chi connectivity index (χ1n) is 18.5. The molecule has 5 aliphatic heterocycles. The van der Waals surface area contributed by atoms with Gasteiger partial charge in [0, 0.05) is 37.9 Å². The fraction of sp³-hybridized carbons (Fsp3) is 1.00. The van der Waals surface area contributed by atoms with Crippen molar-refractivity contribution < 1.29 is 24.9 Å². The molecule has 4 saturated carbocycles. The van der Waals surface area contributed by atoms with E-state index >= 15 is 0 Å². The minimum Gasteiger partial charge on any atom is -0.286 e. The molecule has 8 N–H and O–H groups in total. The van der Waals surface area contributed by atoms with E-state index in [0.717, 1.165) is 47.3 Å². The summed E-state index contributed by atoms with van der Waals surface area (Å²) in [5.74, 6) is 5.97. The summed E-state index contributed by atoms with van der Waals surface area (Å²) in [6.45, 7) is 0. The van der Waals surface area contributed by atoms with Gasteiger partial charge in [-0.1, -0.05) is 51.4 Å². The largest absolute Gasteiger partial charge is 0.317 e.